The number of nitriles is 1. The lowest BCUT2D eigenvalue weighted by Crippen LogP contribution is -2.32. The number of hydrogen-bond donors (Lipinski definition) is 1. The van der Waals surface area contributed by atoms with E-state index in [-0.39, 0.29) is 5.91 Å². The molecule has 1 amide bonds. The Hall–Kier alpha value is -2.42. The van der Waals surface area contributed by atoms with Gasteiger partial charge in [-0.15, -0.1) is 0 Å². The number of fused-ring (bicyclic) bond motifs is 1. The fourth-order valence-electron chi connectivity index (χ4n) is 3.00. The SMILES string of the molecule is Cc1nn(C)c2ncc(NC(=O)C3(C#N)CCCC3)cc12. The van der Waals surface area contributed by atoms with Crippen LogP contribution < -0.4 is 5.32 Å². The lowest BCUT2D eigenvalue weighted by atomic mass is 9.87. The van der Waals surface area contributed by atoms with Gasteiger partial charge in [-0.1, -0.05) is 12.8 Å². The molecule has 6 heteroatoms. The fraction of sp³-hybridized carbons (Fsp3) is 0.467. The first-order chi connectivity index (χ1) is 10.1. The van der Waals surface area contributed by atoms with Crippen molar-refractivity contribution in [3.8, 4) is 6.07 Å². The molecule has 21 heavy (non-hydrogen) atoms. The summed E-state index contributed by atoms with van der Waals surface area (Å²) in [5.41, 5.74) is 1.39. The molecular formula is C15H17N5O. The van der Waals surface area contributed by atoms with Gasteiger partial charge in [0.1, 0.15) is 5.41 Å². The summed E-state index contributed by atoms with van der Waals surface area (Å²) in [7, 11) is 1.84. The van der Waals surface area contributed by atoms with Crippen LogP contribution in [0.25, 0.3) is 11.0 Å². The van der Waals surface area contributed by atoms with Crippen LogP contribution >= 0.6 is 0 Å². The maximum Gasteiger partial charge on any atom is 0.244 e. The molecule has 0 aliphatic heterocycles. The van der Waals surface area contributed by atoms with E-state index >= 15 is 0 Å². The summed E-state index contributed by atoms with van der Waals surface area (Å²) in [5.74, 6) is -0.217. The van der Waals surface area contributed by atoms with Gasteiger partial charge in [0.05, 0.1) is 23.6 Å². The third-order valence-electron chi connectivity index (χ3n) is 4.23. The Morgan fingerprint density at radius 2 is 2.19 bits per heavy atom. The van der Waals surface area contributed by atoms with Crippen LogP contribution in [0.15, 0.2) is 12.3 Å². The summed E-state index contributed by atoms with van der Waals surface area (Å²) in [4.78, 5) is 16.7. The standard InChI is InChI=1S/C15H17N5O/c1-10-12-7-11(8-17-13(12)20(2)19-10)18-14(21)15(9-16)5-3-4-6-15/h7-8H,3-6H2,1-2H3,(H,18,21). The van der Waals surface area contributed by atoms with Crippen LogP contribution in [0.3, 0.4) is 0 Å². The van der Waals surface area contributed by atoms with Gasteiger partial charge in [0.15, 0.2) is 5.65 Å². The van der Waals surface area contributed by atoms with Crippen molar-refractivity contribution in [3.05, 3.63) is 18.0 Å². The average molecular weight is 283 g/mol. The molecule has 0 unspecified atom stereocenters. The van der Waals surface area contributed by atoms with Crippen molar-refractivity contribution in [1.29, 1.82) is 5.26 Å². The third-order valence-corrected chi connectivity index (χ3v) is 4.23. The number of carbonyl (C=O) groups is 1. The van der Waals surface area contributed by atoms with E-state index in [4.69, 9.17) is 0 Å². The van der Waals surface area contributed by atoms with Crippen LogP contribution in [0.5, 0.6) is 0 Å². The van der Waals surface area contributed by atoms with Gasteiger partial charge < -0.3 is 5.32 Å². The summed E-state index contributed by atoms with van der Waals surface area (Å²) < 4.78 is 1.71. The first-order valence-corrected chi connectivity index (χ1v) is 7.08. The van der Waals surface area contributed by atoms with E-state index in [1.807, 2.05) is 20.0 Å². The smallest absolute Gasteiger partial charge is 0.244 e. The lowest BCUT2D eigenvalue weighted by Gasteiger charge is -2.19. The summed E-state index contributed by atoms with van der Waals surface area (Å²) in [6.07, 6.45) is 4.75. The van der Waals surface area contributed by atoms with Gasteiger partial charge in [-0.2, -0.15) is 10.4 Å². The molecule has 0 saturated heterocycles. The highest BCUT2D eigenvalue weighted by atomic mass is 16.2. The molecule has 3 rings (SSSR count). The normalized spacial score (nSPS) is 16.8. The third kappa shape index (κ3) is 2.15. The quantitative estimate of drug-likeness (QED) is 0.916. The molecule has 2 aromatic rings. The van der Waals surface area contributed by atoms with Gasteiger partial charge >= 0.3 is 0 Å². The van der Waals surface area contributed by atoms with Gasteiger partial charge in [-0.05, 0) is 25.8 Å². The highest BCUT2D eigenvalue weighted by molar-refractivity contribution is 5.98. The maximum absolute atomic E-state index is 12.4. The van der Waals surface area contributed by atoms with Crippen molar-refractivity contribution in [3.63, 3.8) is 0 Å². The predicted octanol–water partition coefficient (Wildman–Crippen LogP) is 2.30. The molecule has 1 aliphatic carbocycles. The summed E-state index contributed by atoms with van der Waals surface area (Å²) >= 11 is 0. The Morgan fingerprint density at radius 1 is 1.48 bits per heavy atom. The van der Waals surface area contributed by atoms with E-state index in [1.165, 1.54) is 0 Å². The minimum Gasteiger partial charge on any atom is -0.323 e. The zero-order chi connectivity index (χ0) is 15.0. The molecule has 2 aromatic heterocycles. The summed E-state index contributed by atoms with van der Waals surface area (Å²) in [6, 6.07) is 4.06. The van der Waals surface area contributed by atoms with Crippen LogP contribution in [-0.4, -0.2) is 20.7 Å². The van der Waals surface area contributed by atoms with E-state index in [2.05, 4.69) is 21.5 Å². The second-order valence-corrected chi connectivity index (χ2v) is 5.66. The minimum atomic E-state index is -0.876. The highest BCUT2D eigenvalue weighted by Crippen LogP contribution is 2.38. The number of carbonyl (C=O) groups excluding carboxylic acids is 1. The first kappa shape index (κ1) is 13.6. The largest absolute Gasteiger partial charge is 0.323 e. The average Bonchev–Trinajstić information content (AvgIpc) is 3.06. The Balaban J connectivity index is 1.90. The van der Waals surface area contributed by atoms with E-state index in [1.54, 1.807) is 10.9 Å². The molecule has 1 saturated carbocycles. The zero-order valence-electron chi connectivity index (χ0n) is 12.2. The van der Waals surface area contributed by atoms with Gasteiger partial charge in [0.2, 0.25) is 5.91 Å². The number of anilines is 1. The molecule has 0 spiro atoms. The van der Waals surface area contributed by atoms with E-state index in [0.29, 0.717) is 18.5 Å². The summed E-state index contributed by atoms with van der Waals surface area (Å²) in [5, 5.41) is 17.4. The molecule has 1 N–H and O–H groups in total. The minimum absolute atomic E-state index is 0.217. The Bertz CT molecular complexity index is 749. The van der Waals surface area contributed by atoms with Gasteiger partial charge in [-0.3, -0.25) is 9.48 Å². The van der Waals surface area contributed by atoms with Crippen LogP contribution in [0.2, 0.25) is 0 Å². The second kappa shape index (κ2) is 4.85. The van der Waals surface area contributed by atoms with Crippen molar-refractivity contribution >= 4 is 22.6 Å². The van der Waals surface area contributed by atoms with E-state index in [0.717, 1.165) is 29.6 Å². The van der Waals surface area contributed by atoms with Gasteiger partial charge in [0, 0.05) is 12.4 Å². The van der Waals surface area contributed by atoms with Crippen molar-refractivity contribution in [1.82, 2.24) is 14.8 Å². The molecule has 108 valence electrons. The predicted molar refractivity (Wildman–Crippen MR) is 78.4 cm³/mol. The Kier molecular flexibility index (Phi) is 3.13. The van der Waals surface area contributed by atoms with Crippen LogP contribution in [0, 0.1) is 23.7 Å². The Morgan fingerprint density at radius 3 is 2.86 bits per heavy atom. The van der Waals surface area contributed by atoms with Crippen molar-refractivity contribution in [2.75, 3.05) is 5.32 Å². The topological polar surface area (TPSA) is 83.6 Å². The molecule has 1 fully saturated rings. The molecule has 0 atom stereocenters. The molecule has 6 nitrogen and oxygen atoms in total. The number of amides is 1. The number of hydrogen-bond acceptors (Lipinski definition) is 4. The van der Waals surface area contributed by atoms with Gasteiger partial charge in [0.25, 0.3) is 0 Å². The lowest BCUT2D eigenvalue weighted by molar-refractivity contribution is -0.122. The monoisotopic (exact) mass is 283 g/mol. The highest BCUT2D eigenvalue weighted by Gasteiger charge is 2.41. The number of aromatic nitrogens is 3. The van der Waals surface area contributed by atoms with Crippen molar-refractivity contribution in [2.24, 2.45) is 12.5 Å². The second-order valence-electron chi connectivity index (χ2n) is 5.66. The molecule has 1 aliphatic rings. The molecule has 2 heterocycles. The molecule has 0 radical (unpaired) electrons. The maximum atomic E-state index is 12.4. The molecular weight excluding hydrogens is 266 g/mol. The Labute approximate surface area is 122 Å². The number of aryl methyl sites for hydroxylation is 2. The molecule has 0 bridgehead atoms. The number of rotatable bonds is 2. The van der Waals surface area contributed by atoms with Gasteiger partial charge in [-0.25, -0.2) is 4.98 Å². The van der Waals surface area contributed by atoms with Crippen LogP contribution in [0.1, 0.15) is 31.4 Å². The number of nitrogens with zero attached hydrogens (tertiary/aromatic N) is 4. The van der Waals surface area contributed by atoms with Crippen molar-refractivity contribution < 1.29 is 4.79 Å². The fourth-order valence-corrected chi connectivity index (χ4v) is 3.00. The van der Waals surface area contributed by atoms with Crippen LogP contribution in [0.4, 0.5) is 5.69 Å². The number of pyridine rings is 1. The van der Waals surface area contributed by atoms with Crippen LogP contribution in [-0.2, 0) is 11.8 Å². The van der Waals surface area contributed by atoms with E-state index in [9.17, 15) is 10.1 Å². The molecule has 0 aromatic carbocycles. The summed E-state index contributed by atoms with van der Waals surface area (Å²) in [6.45, 7) is 1.91. The number of nitrogens with one attached hydrogen (secondary N) is 1. The first-order valence-electron chi connectivity index (χ1n) is 7.08. The van der Waals surface area contributed by atoms with Crippen molar-refractivity contribution in [2.45, 2.75) is 32.6 Å². The van der Waals surface area contributed by atoms with E-state index < -0.39 is 5.41 Å². The zero-order valence-corrected chi connectivity index (χ0v) is 12.2.